The fraction of sp³-hybridized carbons (Fsp3) is 0.538. The van der Waals surface area contributed by atoms with Crippen molar-refractivity contribution < 1.29 is 9.35 Å². The predicted octanol–water partition coefficient (Wildman–Crippen LogP) is 4.20. The summed E-state index contributed by atoms with van der Waals surface area (Å²) in [5.41, 5.74) is 1.62. The van der Waals surface area contributed by atoms with Gasteiger partial charge in [0.2, 0.25) is 5.96 Å². The first-order valence-corrected chi connectivity index (χ1v) is 14.5. The lowest BCUT2D eigenvalue weighted by Crippen LogP contribution is -2.55. The molecule has 1 spiro atoms. The minimum atomic E-state index is -1.06. The summed E-state index contributed by atoms with van der Waals surface area (Å²) in [6, 6.07) is 6.26. The van der Waals surface area contributed by atoms with Gasteiger partial charge in [-0.1, -0.05) is 24.2 Å². The topological polar surface area (TPSA) is 99.7 Å². The summed E-state index contributed by atoms with van der Waals surface area (Å²) in [5.74, 6) is 2.94. The molecule has 0 amide bonds. The Kier molecular flexibility index (Phi) is 7.00. The number of fused-ring (bicyclic) bond motifs is 1. The highest BCUT2D eigenvalue weighted by molar-refractivity contribution is 8.03. The van der Waals surface area contributed by atoms with Crippen molar-refractivity contribution in [3.05, 3.63) is 41.2 Å². The van der Waals surface area contributed by atoms with Crippen molar-refractivity contribution in [1.29, 1.82) is 0 Å². The predicted molar refractivity (Wildman–Crippen MR) is 146 cm³/mol. The average molecular weight is 527 g/mol. The quantitative estimate of drug-likeness (QED) is 0.455. The zero-order chi connectivity index (χ0) is 25.5. The molecule has 1 saturated heterocycles. The van der Waals surface area contributed by atoms with Crippen molar-refractivity contribution in [2.45, 2.75) is 68.6 Å². The number of hydrogen-bond acceptors (Lipinski definition) is 8. The molecule has 1 aromatic carbocycles. The minimum absolute atomic E-state index is 0.175. The molecule has 36 heavy (non-hydrogen) atoms. The van der Waals surface area contributed by atoms with Gasteiger partial charge < -0.3 is 14.4 Å². The third kappa shape index (κ3) is 4.73. The van der Waals surface area contributed by atoms with E-state index < -0.39 is 11.4 Å². The summed E-state index contributed by atoms with van der Waals surface area (Å²) in [7, 11) is 1.89. The lowest BCUT2D eigenvalue weighted by atomic mass is 9.74. The van der Waals surface area contributed by atoms with Crippen LogP contribution in [0, 0.1) is 5.41 Å². The number of thioether (sulfide) groups is 1. The van der Waals surface area contributed by atoms with Crippen LogP contribution in [0.4, 0.5) is 0 Å². The van der Waals surface area contributed by atoms with Crippen molar-refractivity contribution in [3.8, 4) is 0 Å². The lowest BCUT2D eigenvalue weighted by molar-refractivity contribution is 0.122. The lowest BCUT2D eigenvalue weighted by Gasteiger charge is -2.45. The molecular weight excluding hydrogens is 492 g/mol. The van der Waals surface area contributed by atoms with Crippen LogP contribution in [-0.4, -0.2) is 67.4 Å². The maximum absolute atomic E-state index is 12.8. The molecule has 10 heteroatoms. The van der Waals surface area contributed by atoms with E-state index in [2.05, 4.69) is 25.8 Å². The molecule has 3 heterocycles. The highest BCUT2D eigenvalue weighted by Crippen LogP contribution is 2.47. The number of carbonyl (C=O) groups excluding carboxylic acids is 1. The normalized spacial score (nSPS) is 23.1. The summed E-state index contributed by atoms with van der Waals surface area (Å²) in [6.07, 6.45) is 9.05. The Morgan fingerprint density at radius 1 is 1.28 bits per heavy atom. The molecule has 2 atom stereocenters. The zero-order valence-corrected chi connectivity index (χ0v) is 23.0. The van der Waals surface area contributed by atoms with E-state index in [9.17, 15) is 9.35 Å². The van der Waals surface area contributed by atoms with Gasteiger partial charge in [-0.3, -0.25) is 5.10 Å². The summed E-state index contributed by atoms with van der Waals surface area (Å²) >= 11 is 0.439. The molecule has 2 N–H and O–H groups in total. The van der Waals surface area contributed by atoms with E-state index in [0.717, 1.165) is 59.0 Å². The molecule has 1 aromatic heterocycles. The molecule has 0 bridgehead atoms. The third-order valence-corrected chi connectivity index (χ3v) is 10.4. The van der Waals surface area contributed by atoms with Gasteiger partial charge >= 0.3 is 0 Å². The first-order chi connectivity index (χ1) is 17.2. The van der Waals surface area contributed by atoms with Crippen LogP contribution >= 0.6 is 11.8 Å². The van der Waals surface area contributed by atoms with Gasteiger partial charge in [-0.05, 0) is 64.0 Å². The van der Waals surface area contributed by atoms with Crippen LogP contribution in [0.3, 0.4) is 0 Å². The number of likely N-dealkylation sites (tertiary alicyclic amines) is 1. The van der Waals surface area contributed by atoms with E-state index >= 15 is 0 Å². The Morgan fingerprint density at radius 2 is 2.06 bits per heavy atom. The van der Waals surface area contributed by atoms with Gasteiger partial charge in [-0.2, -0.15) is 5.10 Å². The molecule has 2 fully saturated rings. The second-order valence-corrected chi connectivity index (χ2v) is 14.0. The second-order valence-electron chi connectivity index (χ2n) is 10.9. The Bertz CT molecular complexity index is 1230. The van der Waals surface area contributed by atoms with E-state index in [4.69, 9.17) is 4.99 Å². The van der Waals surface area contributed by atoms with Crippen molar-refractivity contribution in [2.24, 2.45) is 10.4 Å². The molecular formula is C26H34N6O2S2. The van der Waals surface area contributed by atoms with Gasteiger partial charge in [0, 0.05) is 48.0 Å². The molecule has 2 aliphatic heterocycles. The van der Waals surface area contributed by atoms with Gasteiger partial charge in [-0.15, -0.1) is 4.72 Å². The summed E-state index contributed by atoms with van der Waals surface area (Å²) in [6.45, 7) is 7.78. The number of aliphatic imine (C=N–C) groups is 1. The SMILES string of the molecule is CN1C(=C=O)C(Sc2cccc3[nH]ncc23)=CN=C1N1CCC2(CCC[C@H]2N[S@+]([O-])C(C)(C)C)CC1. The van der Waals surface area contributed by atoms with E-state index in [0.29, 0.717) is 5.70 Å². The largest absolute Gasteiger partial charge is 0.598 e. The summed E-state index contributed by atoms with van der Waals surface area (Å²) in [4.78, 5) is 22.8. The van der Waals surface area contributed by atoms with Gasteiger partial charge in [-0.25, -0.2) is 9.79 Å². The number of benzene rings is 1. The number of nitrogens with zero attached hydrogens (tertiary/aromatic N) is 4. The standard InChI is InChI=1S/C26H34N6O2S2/c1-25(2,3)36(34)30-23-9-6-10-26(23)11-13-32(14-12-26)24-27-16-22(20(17-33)31(24)4)35-21-8-5-7-19-18(21)15-28-29-19/h5,7-8,15-16,23,30H,6,9-14H2,1-4H3,(H,28,29)/t23-,36-/m1/s1. The number of nitrogens with one attached hydrogen (secondary N) is 2. The first kappa shape index (κ1) is 25.4. The number of rotatable bonds is 4. The van der Waals surface area contributed by atoms with Crippen LogP contribution < -0.4 is 4.72 Å². The Morgan fingerprint density at radius 3 is 2.78 bits per heavy atom. The maximum Gasteiger partial charge on any atom is 0.206 e. The van der Waals surface area contributed by atoms with Crippen LogP contribution in [0.25, 0.3) is 10.9 Å². The first-order valence-electron chi connectivity index (χ1n) is 12.5. The zero-order valence-electron chi connectivity index (χ0n) is 21.3. The minimum Gasteiger partial charge on any atom is -0.598 e. The molecule has 1 saturated carbocycles. The Balaban J connectivity index is 1.31. The highest BCUT2D eigenvalue weighted by atomic mass is 32.2. The Labute approximate surface area is 220 Å². The number of likely N-dealkylation sites (N-methyl/N-ethyl adjacent to an activating group) is 1. The fourth-order valence-corrected chi connectivity index (χ4v) is 7.56. The van der Waals surface area contributed by atoms with Crippen molar-refractivity contribution in [2.75, 3.05) is 20.1 Å². The molecule has 8 nitrogen and oxygen atoms in total. The van der Waals surface area contributed by atoms with E-state index in [-0.39, 0.29) is 16.2 Å². The number of piperidine rings is 1. The second kappa shape index (κ2) is 9.91. The number of aromatic amines is 1. The van der Waals surface area contributed by atoms with Crippen molar-refractivity contribution in [1.82, 2.24) is 24.7 Å². The third-order valence-electron chi connectivity index (χ3n) is 7.68. The molecule has 2 aromatic rings. The molecule has 0 radical (unpaired) electrons. The molecule has 3 aliphatic rings. The molecule has 0 unspecified atom stereocenters. The molecule has 5 rings (SSSR count). The fourth-order valence-electron chi connectivity index (χ4n) is 5.54. The van der Waals surface area contributed by atoms with Crippen LogP contribution in [0.5, 0.6) is 0 Å². The van der Waals surface area contributed by atoms with Crippen LogP contribution in [0.2, 0.25) is 0 Å². The number of guanidine groups is 1. The maximum atomic E-state index is 12.8. The van der Waals surface area contributed by atoms with Crippen LogP contribution in [0.15, 0.2) is 51.1 Å². The van der Waals surface area contributed by atoms with Crippen LogP contribution in [0.1, 0.15) is 52.9 Å². The van der Waals surface area contributed by atoms with Gasteiger partial charge in [0.05, 0.1) is 22.7 Å². The Hall–Kier alpha value is -2.23. The smallest absolute Gasteiger partial charge is 0.206 e. The van der Waals surface area contributed by atoms with E-state index in [1.807, 2.05) is 50.9 Å². The van der Waals surface area contributed by atoms with E-state index in [1.165, 1.54) is 24.6 Å². The van der Waals surface area contributed by atoms with Crippen molar-refractivity contribution in [3.63, 3.8) is 0 Å². The summed E-state index contributed by atoms with van der Waals surface area (Å²) < 4.78 is 16.0. The number of H-pyrrole nitrogens is 1. The molecule has 192 valence electrons. The molecule has 1 aliphatic carbocycles. The van der Waals surface area contributed by atoms with E-state index in [1.54, 1.807) is 12.4 Å². The van der Waals surface area contributed by atoms with Gasteiger partial charge in [0.25, 0.3) is 0 Å². The number of aromatic nitrogens is 2. The van der Waals surface area contributed by atoms with Crippen LogP contribution in [-0.2, 0) is 16.2 Å². The number of hydrogen-bond donors (Lipinski definition) is 2. The highest BCUT2D eigenvalue weighted by Gasteiger charge is 2.48. The summed E-state index contributed by atoms with van der Waals surface area (Å²) in [5, 5.41) is 8.14. The average Bonchev–Trinajstić information content (AvgIpc) is 3.48. The van der Waals surface area contributed by atoms with Gasteiger partial charge in [0.15, 0.2) is 5.94 Å². The van der Waals surface area contributed by atoms with Gasteiger partial charge in [0.1, 0.15) is 10.4 Å². The van der Waals surface area contributed by atoms with Crippen molar-refractivity contribution >= 4 is 45.9 Å². The monoisotopic (exact) mass is 526 g/mol.